The minimum atomic E-state index is 0.363. The highest BCUT2D eigenvalue weighted by molar-refractivity contribution is 9.10. The van der Waals surface area contributed by atoms with E-state index in [1.54, 1.807) is 17.6 Å². The molecule has 2 heterocycles. The first-order valence-electron chi connectivity index (χ1n) is 4.76. The van der Waals surface area contributed by atoms with E-state index in [9.17, 15) is 0 Å². The number of nitrogens with one attached hydrogen (secondary N) is 1. The van der Waals surface area contributed by atoms with Gasteiger partial charge in [-0.25, -0.2) is 0 Å². The average Bonchev–Trinajstić information content (AvgIpc) is 2.85. The Morgan fingerprint density at radius 2 is 2.40 bits per heavy atom. The predicted molar refractivity (Wildman–Crippen MR) is 66.0 cm³/mol. The fourth-order valence-electron chi connectivity index (χ4n) is 1.34. The molecule has 2 aromatic heterocycles. The summed E-state index contributed by atoms with van der Waals surface area (Å²) in [6.45, 7) is 2.90. The SMILES string of the molecule is C[C@H](NCc1occc1Br)c1cccs1. The molecule has 2 aromatic rings. The number of halogens is 1. The molecule has 2 nitrogen and oxygen atoms in total. The topological polar surface area (TPSA) is 25.2 Å². The average molecular weight is 286 g/mol. The van der Waals surface area contributed by atoms with Crippen molar-refractivity contribution in [3.63, 3.8) is 0 Å². The van der Waals surface area contributed by atoms with Gasteiger partial charge in [0.25, 0.3) is 0 Å². The summed E-state index contributed by atoms with van der Waals surface area (Å²) in [6, 6.07) is 6.48. The zero-order valence-corrected chi connectivity index (χ0v) is 10.8. The largest absolute Gasteiger partial charge is 0.467 e. The van der Waals surface area contributed by atoms with E-state index in [1.165, 1.54) is 4.88 Å². The van der Waals surface area contributed by atoms with Gasteiger partial charge in [-0.3, -0.25) is 0 Å². The van der Waals surface area contributed by atoms with Crippen LogP contribution in [-0.2, 0) is 6.54 Å². The van der Waals surface area contributed by atoms with Crippen molar-refractivity contribution in [1.82, 2.24) is 5.32 Å². The molecule has 1 atom stereocenters. The summed E-state index contributed by atoms with van der Waals surface area (Å²) < 4.78 is 6.35. The highest BCUT2D eigenvalue weighted by atomic mass is 79.9. The van der Waals surface area contributed by atoms with E-state index in [4.69, 9.17) is 4.42 Å². The minimum Gasteiger partial charge on any atom is -0.467 e. The zero-order chi connectivity index (χ0) is 10.7. The van der Waals surface area contributed by atoms with Crippen molar-refractivity contribution in [3.8, 4) is 0 Å². The number of thiophene rings is 1. The molecule has 0 amide bonds. The number of hydrogen-bond donors (Lipinski definition) is 1. The summed E-state index contributed by atoms with van der Waals surface area (Å²) in [5.41, 5.74) is 0. The Hall–Kier alpha value is -0.580. The third-order valence-electron chi connectivity index (χ3n) is 2.23. The number of hydrogen-bond acceptors (Lipinski definition) is 3. The Labute approximate surface area is 101 Å². The molecule has 0 spiro atoms. The van der Waals surface area contributed by atoms with Crippen molar-refractivity contribution in [1.29, 1.82) is 0 Å². The first-order chi connectivity index (χ1) is 7.27. The Kier molecular flexibility index (Phi) is 3.61. The van der Waals surface area contributed by atoms with Gasteiger partial charge in [-0.2, -0.15) is 0 Å². The van der Waals surface area contributed by atoms with Gasteiger partial charge in [-0.15, -0.1) is 11.3 Å². The quantitative estimate of drug-likeness (QED) is 0.920. The molecule has 15 heavy (non-hydrogen) atoms. The third-order valence-corrected chi connectivity index (χ3v) is 3.99. The number of furan rings is 1. The van der Waals surface area contributed by atoms with Gasteiger partial charge in [0, 0.05) is 10.9 Å². The third kappa shape index (κ3) is 2.71. The molecule has 0 saturated heterocycles. The Bertz CT molecular complexity index is 410. The molecular formula is C11H12BrNOS. The zero-order valence-electron chi connectivity index (χ0n) is 8.37. The smallest absolute Gasteiger partial charge is 0.131 e. The van der Waals surface area contributed by atoms with E-state index < -0.39 is 0 Å². The molecule has 0 bridgehead atoms. The van der Waals surface area contributed by atoms with E-state index in [0.29, 0.717) is 6.04 Å². The molecule has 0 saturated carbocycles. The van der Waals surface area contributed by atoms with Gasteiger partial charge < -0.3 is 9.73 Å². The fraction of sp³-hybridized carbons (Fsp3) is 0.273. The normalized spacial score (nSPS) is 12.9. The van der Waals surface area contributed by atoms with Crippen LogP contribution < -0.4 is 5.32 Å². The first kappa shape index (κ1) is 10.9. The summed E-state index contributed by atoms with van der Waals surface area (Å²) >= 11 is 5.20. The van der Waals surface area contributed by atoms with E-state index in [-0.39, 0.29) is 0 Å². The van der Waals surface area contributed by atoms with Crippen LogP contribution >= 0.6 is 27.3 Å². The molecule has 0 aliphatic rings. The summed E-state index contributed by atoms with van der Waals surface area (Å²) in [6.07, 6.45) is 1.69. The highest BCUT2D eigenvalue weighted by Gasteiger charge is 2.08. The van der Waals surface area contributed by atoms with Crippen molar-refractivity contribution in [2.75, 3.05) is 0 Å². The minimum absolute atomic E-state index is 0.363. The molecule has 2 rings (SSSR count). The van der Waals surface area contributed by atoms with E-state index in [2.05, 4.69) is 45.7 Å². The van der Waals surface area contributed by atoms with E-state index in [0.717, 1.165) is 16.8 Å². The van der Waals surface area contributed by atoms with Gasteiger partial charge in [0.15, 0.2) is 0 Å². The van der Waals surface area contributed by atoms with Crippen LogP contribution in [0.3, 0.4) is 0 Å². The molecule has 0 aromatic carbocycles. The van der Waals surface area contributed by atoms with Gasteiger partial charge in [0.05, 0.1) is 17.3 Å². The van der Waals surface area contributed by atoms with Gasteiger partial charge in [0.2, 0.25) is 0 Å². The van der Waals surface area contributed by atoms with Crippen LogP contribution in [0.2, 0.25) is 0 Å². The monoisotopic (exact) mass is 285 g/mol. The lowest BCUT2D eigenvalue weighted by atomic mass is 10.2. The summed E-state index contributed by atoms with van der Waals surface area (Å²) in [5.74, 6) is 0.943. The van der Waals surface area contributed by atoms with Gasteiger partial charge in [-0.1, -0.05) is 6.07 Å². The van der Waals surface area contributed by atoms with Crippen LogP contribution in [-0.4, -0.2) is 0 Å². The highest BCUT2D eigenvalue weighted by Crippen LogP contribution is 2.21. The second-order valence-electron chi connectivity index (χ2n) is 3.31. The van der Waals surface area contributed by atoms with Gasteiger partial charge >= 0.3 is 0 Å². The van der Waals surface area contributed by atoms with Crippen molar-refractivity contribution >= 4 is 27.3 Å². The van der Waals surface area contributed by atoms with Crippen molar-refractivity contribution in [2.45, 2.75) is 19.5 Å². The Balaban J connectivity index is 1.91. The van der Waals surface area contributed by atoms with Crippen LogP contribution in [0, 0.1) is 0 Å². The molecule has 0 unspecified atom stereocenters. The molecule has 0 aliphatic heterocycles. The van der Waals surface area contributed by atoms with Crippen molar-refractivity contribution < 1.29 is 4.42 Å². The second kappa shape index (κ2) is 4.96. The lowest BCUT2D eigenvalue weighted by Gasteiger charge is -2.10. The van der Waals surface area contributed by atoms with Crippen molar-refractivity contribution in [3.05, 3.63) is 45.0 Å². The second-order valence-corrected chi connectivity index (χ2v) is 5.14. The Morgan fingerprint density at radius 3 is 3.00 bits per heavy atom. The maximum atomic E-state index is 5.33. The first-order valence-corrected chi connectivity index (χ1v) is 6.43. The van der Waals surface area contributed by atoms with Gasteiger partial charge in [0.1, 0.15) is 5.76 Å². The predicted octanol–water partition coefficient (Wildman–Crippen LogP) is 3.95. The standard InChI is InChI=1S/C11H12BrNOS/c1-8(11-3-2-6-15-11)13-7-10-9(12)4-5-14-10/h2-6,8,13H,7H2,1H3/t8-/m0/s1. The molecule has 0 fully saturated rings. The fourth-order valence-corrected chi connectivity index (χ4v) is 2.44. The van der Waals surface area contributed by atoms with Crippen LogP contribution in [0.15, 0.2) is 38.7 Å². The number of rotatable bonds is 4. The molecule has 80 valence electrons. The Morgan fingerprint density at radius 1 is 1.53 bits per heavy atom. The molecule has 1 N–H and O–H groups in total. The van der Waals surface area contributed by atoms with E-state index >= 15 is 0 Å². The van der Waals surface area contributed by atoms with E-state index in [1.807, 2.05) is 6.07 Å². The maximum absolute atomic E-state index is 5.33. The van der Waals surface area contributed by atoms with Crippen LogP contribution in [0.1, 0.15) is 23.6 Å². The summed E-state index contributed by atoms with van der Waals surface area (Å²) in [5, 5.41) is 5.51. The lowest BCUT2D eigenvalue weighted by Crippen LogP contribution is -2.16. The lowest BCUT2D eigenvalue weighted by molar-refractivity contribution is 0.460. The van der Waals surface area contributed by atoms with Crippen LogP contribution in [0.5, 0.6) is 0 Å². The van der Waals surface area contributed by atoms with Crippen molar-refractivity contribution in [2.24, 2.45) is 0 Å². The molecule has 0 aliphatic carbocycles. The van der Waals surface area contributed by atoms with Gasteiger partial charge in [-0.05, 0) is 40.4 Å². The van der Waals surface area contributed by atoms with Crippen LogP contribution in [0.25, 0.3) is 0 Å². The summed E-state index contributed by atoms with van der Waals surface area (Å²) in [4.78, 5) is 1.35. The maximum Gasteiger partial charge on any atom is 0.131 e. The van der Waals surface area contributed by atoms with Crippen LogP contribution in [0.4, 0.5) is 0 Å². The molecule has 0 radical (unpaired) electrons. The molecule has 4 heteroatoms. The summed E-state index contributed by atoms with van der Waals surface area (Å²) in [7, 11) is 0. The molecular weight excluding hydrogens is 274 g/mol.